The smallest absolute Gasteiger partial charge is 0.310 e. The highest BCUT2D eigenvalue weighted by molar-refractivity contribution is 5.24. The number of alkyl halides is 3. The van der Waals surface area contributed by atoms with Gasteiger partial charge in [-0.05, 0) is 30.5 Å². The lowest BCUT2D eigenvalue weighted by molar-refractivity contribution is -0.137. The van der Waals surface area contributed by atoms with Crippen molar-refractivity contribution in [3.63, 3.8) is 0 Å². The lowest BCUT2D eigenvalue weighted by atomic mass is 10.1. The maximum absolute atomic E-state index is 12.4. The van der Waals surface area contributed by atoms with Crippen LogP contribution in [0.5, 0.6) is 0 Å². The molecule has 0 amide bonds. The molecule has 0 unspecified atom stereocenters. The molecule has 0 aliphatic heterocycles. The molecule has 0 aliphatic rings. The Morgan fingerprint density at radius 2 is 1.53 bits per heavy atom. The molecule has 0 radical (unpaired) electrons. The number of halogens is 3. The fourth-order valence-electron chi connectivity index (χ4n) is 2.12. The molecule has 108 valence electrons. The first-order chi connectivity index (χ1) is 8.97. The molecule has 0 bridgehead atoms. The van der Waals surface area contributed by atoms with Crippen LogP contribution < -0.4 is 5.32 Å². The molecule has 0 spiro atoms. The number of benzene rings is 1. The predicted molar refractivity (Wildman–Crippen MR) is 71.9 cm³/mol. The SMILES string of the molecule is CCCC(CCC)NCc1ccc(C(F)(F)F)cc1. The van der Waals surface area contributed by atoms with Gasteiger partial charge in [-0.1, -0.05) is 38.8 Å². The lowest BCUT2D eigenvalue weighted by Gasteiger charge is -2.17. The second kappa shape index (κ2) is 7.53. The molecule has 0 saturated heterocycles. The summed E-state index contributed by atoms with van der Waals surface area (Å²) in [7, 11) is 0. The molecule has 19 heavy (non-hydrogen) atoms. The van der Waals surface area contributed by atoms with Crippen LogP contribution in [-0.4, -0.2) is 6.04 Å². The molecule has 1 N–H and O–H groups in total. The van der Waals surface area contributed by atoms with Crippen LogP contribution in [0.15, 0.2) is 24.3 Å². The van der Waals surface area contributed by atoms with E-state index < -0.39 is 11.7 Å². The first-order valence-electron chi connectivity index (χ1n) is 6.86. The minimum absolute atomic E-state index is 0.456. The third-order valence-corrected chi connectivity index (χ3v) is 3.15. The predicted octanol–water partition coefficient (Wildman–Crippen LogP) is 4.76. The van der Waals surface area contributed by atoms with Gasteiger partial charge in [-0.15, -0.1) is 0 Å². The van der Waals surface area contributed by atoms with Gasteiger partial charge in [-0.25, -0.2) is 0 Å². The van der Waals surface area contributed by atoms with Crippen molar-refractivity contribution in [2.45, 2.75) is 58.3 Å². The van der Waals surface area contributed by atoms with Gasteiger partial charge in [-0.2, -0.15) is 13.2 Å². The van der Waals surface area contributed by atoms with Crippen molar-refractivity contribution in [1.29, 1.82) is 0 Å². The highest BCUT2D eigenvalue weighted by atomic mass is 19.4. The van der Waals surface area contributed by atoms with Crippen molar-refractivity contribution >= 4 is 0 Å². The van der Waals surface area contributed by atoms with E-state index in [9.17, 15) is 13.2 Å². The van der Waals surface area contributed by atoms with Crippen LogP contribution in [0, 0.1) is 0 Å². The van der Waals surface area contributed by atoms with Crippen molar-refractivity contribution in [1.82, 2.24) is 5.32 Å². The van der Waals surface area contributed by atoms with E-state index >= 15 is 0 Å². The molecule has 1 aromatic carbocycles. The zero-order valence-corrected chi connectivity index (χ0v) is 11.6. The standard InChI is InChI=1S/C15H22F3N/c1-3-5-14(6-4-2)19-11-12-7-9-13(10-8-12)15(16,17)18/h7-10,14,19H,3-6,11H2,1-2H3. The summed E-state index contributed by atoms with van der Waals surface area (Å²) >= 11 is 0. The maximum Gasteiger partial charge on any atom is 0.416 e. The van der Waals surface area contributed by atoms with Gasteiger partial charge in [0.15, 0.2) is 0 Å². The van der Waals surface area contributed by atoms with Crippen molar-refractivity contribution < 1.29 is 13.2 Å². The van der Waals surface area contributed by atoms with E-state index in [4.69, 9.17) is 0 Å². The zero-order chi connectivity index (χ0) is 14.3. The average Bonchev–Trinajstić information content (AvgIpc) is 2.36. The van der Waals surface area contributed by atoms with Crippen LogP contribution in [0.1, 0.15) is 50.7 Å². The molecule has 0 heterocycles. The molecular formula is C15H22F3N. The van der Waals surface area contributed by atoms with E-state index in [1.54, 1.807) is 12.1 Å². The second-order valence-electron chi connectivity index (χ2n) is 4.85. The van der Waals surface area contributed by atoms with E-state index in [1.165, 1.54) is 0 Å². The van der Waals surface area contributed by atoms with Gasteiger partial charge in [0.25, 0.3) is 0 Å². The van der Waals surface area contributed by atoms with Gasteiger partial charge in [0.1, 0.15) is 0 Å². The van der Waals surface area contributed by atoms with Gasteiger partial charge in [0.05, 0.1) is 5.56 Å². The number of rotatable bonds is 7. The van der Waals surface area contributed by atoms with Crippen LogP contribution in [-0.2, 0) is 12.7 Å². The third-order valence-electron chi connectivity index (χ3n) is 3.15. The van der Waals surface area contributed by atoms with Gasteiger partial charge in [-0.3, -0.25) is 0 Å². The fraction of sp³-hybridized carbons (Fsp3) is 0.600. The molecule has 0 saturated carbocycles. The first-order valence-corrected chi connectivity index (χ1v) is 6.86. The minimum atomic E-state index is -4.25. The highest BCUT2D eigenvalue weighted by Crippen LogP contribution is 2.29. The van der Waals surface area contributed by atoms with Gasteiger partial charge >= 0.3 is 6.18 Å². The molecule has 4 heteroatoms. The van der Waals surface area contributed by atoms with Crippen LogP contribution >= 0.6 is 0 Å². The Labute approximate surface area is 113 Å². The van der Waals surface area contributed by atoms with Gasteiger partial charge < -0.3 is 5.32 Å². The minimum Gasteiger partial charge on any atom is -0.310 e. The maximum atomic E-state index is 12.4. The Morgan fingerprint density at radius 3 is 1.95 bits per heavy atom. The molecule has 1 nitrogen and oxygen atoms in total. The van der Waals surface area contributed by atoms with Gasteiger partial charge in [0, 0.05) is 12.6 Å². The van der Waals surface area contributed by atoms with Crippen LogP contribution in [0.2, 0.25) is 0 Å². The summed E-state index contributed by atoms with van der Waals surface area (Å²) in [6.07, 6.45) is 0.192. The van der Waals surface area contributed by atoms with E-state index in [2.05, 4.69) is 19.2 Å². The Bertz CT molecular complexity index is 351. The molecule has 0 aliphatic carbocycles. The van der Waals surface area contributed by atoms with Crippen molar-refractivity contribution in [2.75, 3.05) is 0 Å². The summed E-state index contributed by atoms with van der Waals surface area (Å²) in [4.78, 5) is 0. The molecule has 1 aromatic rings. The highest BCUT2D eigenvalue weighted by Gasteiger charge is 2.29. The Balaban J connectivity index is 2.53. The monoisotopic (exact) mass is 273 g/mol. The number of hydrogen-bond acceptors (Lipinski definition) is 1. The summed E-state index contributed by atoms with van der Waals surface area (Å²) in [5.41, 5.74) is 0.306. The van der Waals surface area contributed by atoms with Crippen molar-refractivity contribution in [3.8, 4) is 0 Å². The van der Waals surface area contributed by atoms with Gasteiger partial charge in [0.2, 0.25) is 0 Å². The molecule has 0 aromatic heterocycles. The van der Waals surface area contributed by atoms with Crippen molar-refractivity contribution in [3.05, 3.63) is 35.4 Å². The summed E-state index contributed by atoms with van der Waals surface area (Å²) < 4.78 is 37.3. The molecule has 0 fully saturated rings. The van der Waals surface area contributed by atoms with E-state index in [-0.39, 0.29) is 0 Å². The lowest BCUT2D eigenvalue weighted by Crippen LogP contribution is -2.28. The Hall–Kier alpha value is -1.03. The second-order valence-corrected chi connectivity index (χ2v) is 4.85. The Morgan fingerprint density at radius 1 is 1.00 bits per heavy atom. The average molecular weight is 273 g/mol. The van der Waals surface area contributed by atoms with Crippen LogP contribution in [0.25, 0.3) is 0 Å². The third kappa shape index (κ3) is 5.64. The number of nitrogens with one attached hydrogen (secondary N) is 1. The summed E-state index contributed by atoms with van der Waals surface area (Å²) in [6, 6.07) is 5.84. The van der Waals surface area contributed by atoms with E-state index in [1.807, 2.05) is 0 Å². The fourth-order valence-corrected chi connectivity index (χ4v) is 2.12. The number of hydrogen-bond donors (Lipinski definition) is 1. The van der Waals surface area contributed by atoms with E-state index in [0.717, 1.165) is 43.4 Å². The normalized spacial score (nSPS) is 12.1. The summed E-state index contributed by atoms with van der Waals surface area (Å²) in [6.45, 7) is 4.91. The summed E-state index contributed by atoms with van der Waals surface area (Å²) in [5, 5.41) is 3.41. The topological polar surface area (TPSA) is 12.0 Å². The van der Waals surface area contributed by atoms with Crippen molar-refractivity contribution in [2.24, 2.45) is 0 Å². The molecular weight excluding hydrogens is 251 g/mol. The Kier molecular flexibility index (Phi) is 6.35. The first kappa shape index (κ1) is 16.0. The zero-order valence-electron chi connectivity index (χ0n) is 11.6. The van der Waals surface area contributed by atoms with Crippen LogP contribution in [0.4, 0.5) is 13.2 Å². The van der Waals surface area contributed by atoms with Crippen LogP contribution in [0.3, 0.4) is 0 Å². The summed E-state index contributed by atoms with van der Waals surface area (Å²) in [5.74, 6) is 0. The molecule has 0 atom stereocenters. The molecule has 1 rings (SSSR count). The van der Waals surface area contributed by atoms with E-state index in [0.29, 0.717) is 12.6 Å². The largest absolute Gasteiger partial charge is 0.416 e. The quantitative estimate of drug-likeness (QED) is 0.755.